The lowest BCUT2D eigenvalue weighted by molar-refractivity contribution is 0.585. The molecule has 90 valence electrons. The van der Waals surface area contributed by atoms with Crippen molar-refractivity contribution < 1.29 is 4.39 Å². The van der Waals surface area contributed by atoms with Crippen LogP contribution in [0.2, 0.25) is 0 Å². The summed E-state index contributed by atoms with van der Waals surface area (Å²) in [5.41, 5.74) is 2.29. The molecule has 0 saturated carbocycles. The number of nitrogens with one attached hydrogen (secondary N) is 1. The highest BCUT2D eigenvalue weighted by Gasteiger charge is 2.12. The second-order valence-electron chi connectivity index (χ2n) is 3.86. The maximum atomic E-state index is 13.1. The summed E-state index contributed by atoms with van der Waals surface area (Å²) in [7, 11) is 1.94. The molecule has 1 atom stereocenters. The highest BCUT2D eigenvalue weighted by molar-refractivity contribution is 14.1. The lowest BCUT2D eigenvalue weighted by Crippen LogP contribution is -2.18. The van der Waals surface area contributed by atoms with Gasteiger partial charge in [-0.1, -0.05) is 12.1 Å². The van der Waals surface area contributed by atoms with Gasteiger partial charge in [-0.15, -0.1) is 11.3 Å². The van der Waals surface area contributed by atoms with Gasteiger partial charge in [0.1, 0.15) is 5.82 Å². The Morgan fingerprint density at radius 3 is 2.82 bits per heavy atom. The van der Waals surface area contributed by atoms with Gasteiger partial charge >= 0.3 is 0 Å². The van der Waals surface area contributed by atoms with Gasteiger partial charge in [0.05, 0.1) is 2.88 Å². The zero-order valence-corrected chi connectivity index (χ0v) is 12.4. The first kappa shape index (κ1) is 13.0. The molecule has 1 heterocycles. The average molecular weight is 361 g/mol. The number of hydrogen-bond donors (Lipinski definition) is 1. The molecule has 0 bridgehead atoms. The van der Waals surface area contributed by atoms with Crippen LogP contribution in [0.3, 0.4) is 0 Å². The van der Waals surface area contributed by atoms with E-state index in [1.54, 1.807) is 23.5 Å². The van der Waals surface area contributed by atoms with E-state index >= 15 is 0 Å². The van der Waals surface area contributed by atoms with E-state index in [1.807, 2.05) is 13.1 Å². The quantitative estimate of drug-likeness (QED) is 0.812. The second-order valence-corrected chi connectivity index (χ2v) is 6.66. The number of hydrogen-bond acceptors (Lipinski definition) is 2. The predicted octanol–water partition coefficient (Wildman–Crippen LogP) is 4.00. The van der Waals surface area contributed by atoms with Gasteiger partial charge in [-0.05, 0) is 70.8 Å². The highest BCUT2D eigenvalue weighted by Crippen LogP contribution is 2.24. The van der Waals surface area contributed by atoms with Crippen LogP contribution in [0.15, 0.2) is 35.7 Å². The van der Waals surface area contributed by atoms with Gasteiger partial charge in [0.2, 0.25) is 0 Å². The van der Waals surface area contributed by atoms with Crippen LogP contribution in [-0.2, 0) is 6.42 Å². The fourth-order valence-electron chi connectivity index (χ4n) is 1.79. The van der Waals surface area contributed by atoms with Gasteiger partial charge in [-0.3, -0.25) is 0 Å². The van der Waals surface area contributed by atoms with Crippen LogP contribution in [0.4, 0.5) is 4.39 Å². The molecule has 2 rings (SSSR count). The van der Waals surface area contributed by atoms with Crippen LogP contribution < -0.4 is 5.32 Å². The summed E-state index contributed by atoms with van der Waals surface area (Å²) in [5, 5.41) is 5.44. The normalized spacial score (nSPS) is 12.6. The summed E-state index contributed by atoms with van der Waals surface area (Å²) in [6.07, 6.45) is 0.807. The SMILES string of the molecule is CNC(Cc1cccc(F)c1)c1csc(I)c1. The Kier molecular flexibility index (Phi) is 4.53. The Labute approximate surface area is 118 Å². The number of likely N-dealkylation sites (N-methyl/N-ethyl adjacent to an activating group) is 1. The van der Waals surface area contributed by atoms with Crippen molar-refractivity contribution in [2.24, 2.45) is 0 Å². The van der Waals surface area contributed by atoms with Crippen LogP contribution in [0, 0.1) is 8.70 Å². The zero-order chi connectivity index (χ0) is 12.3. The lowest BCUT2D eigenvalue weighted by Gasteiger charge is -2.14. The minimum atomic E-state index is -0.169. The molecule has 1 nitrogen and oxygen atoms in total. The molecular formula is C13H13FINS. The Balaban J connectivity index is 2.15. The maximum absolute atomic E-state index is 13.1. The van der Waals surface area contributed by atoms with E-state index < -0.39 is 0 Å². The van der Waals surface area contributed by atoms with E-state index in [-0.39, 0.29) is 11.9 Å². The molecule has 1 aromatic carbocycles. The van der Waals surface area contributed by atoms with Gasteiger partial charge in [0, 0.05) is 6.04 Å². The van der Waals surface area contributed by atoms with Crippen molar-refractivity contribution in [3.63, 3.8) is 0 Å². The molecule has 1 unspecified atom stereocenters. The molecule has 0 aliphatic rings. The molecular weight excluding hydrogens is 348 g/mol. The van der Waals surface area contributed by atoms with Crippen molar-refractivity contribution in [3.05, 3.63) is 55.5 Å². The van der Waals surface area contributed by atoms with E-state index in [1.165, 1.54) is 14.5 Å². The fourth-order valence-corrected chi connectivity index (χ4v) is 3.22. The number of thiophene rings is 1. The molecule has 0 aliphatic carbocycles. The molecule has 0 radical (unpaired) electrons. The number of benzene rings is 1. The van der Waals surface area contributed by atoms with Gasteiger partial charge in [0.25, 0.3) is 0 Å². The van der Waals surface area contributed by atoms with Gasteiger partial charge < -0.3 is 5.32 Å². The molecule has 0 spiro atoms. The monoisotopic (exact) mass is 361 g/mol. The fraction of sp³-hybridized carbons (Fsp3) is 0.231. The highest BCUT2D eigenvalue weighted by atomic mass is 127. The third-order valence-electron chi connectivity index (χ3n) is 2.67. The Bertz CT molecular complexity index is 498. The van der Waals surface area contributed by atoms with Crippen LogP contribution in [0.1, 0.15) is 17.2 Å². The smallest absolute Gasteiger partial charge is 0.123 e. The molecule has 0 saturated heterocycles. The second kappa shape index (κ2) is 5.93. The average Bonchev–Trinajstić information content (AvgIpc) is 2.73. The van der Waals surface area contributed by atoms with Crippen LogP contribution in [0.5, 0.6) is 0 Å². The van der Waals surface area contributed by atoms with E-state index in [0.717, 1.165) is 12.0 Å². The summed E-state index contributed by atoms with van der Waals surface area (Å²) in [6, 6.07) is 9.22. The van der Waals surface area contributed by atoms with Crippen LogP contribution in [-0.4, -0.2) is 7.05 Å². The van der Waals surface area contributed by atoms with E-state index in [9.17, 15) is 4.39 Å². The van der Waals surface area contributed by atoms with Crippen molar-refractivity contribution >= 4 is 33.9 Å². The molecule has 17 heavy (non-hydrogen) atoms. The first-order valence-electron chi connectivity index (χ1n) is 5.34. The molecule has 1 aromatic heterocycles. The van der Waals surface area contributed by atoms with Crippen LogP contribution >= 0.6 is 33.9 Å². The van der Waals surface area contributed by atoms with Crippen molar-refractivity contribution in [1.82, 2.24) is 5.32 Å². The van der Waals surface area contributed by atoms with Gasteiger partial charge in [-0.2, -0.15) is 0 Å². The molecule has 0 fully saturated rings. The first-order valence-corrected chi connectivity index (χ1v) is 7.30. The van der Waals surface area contributed by atoms with E-state index in [2.05, 4.69) is 39.4 Å². The predicted molar refractivity (Wildman–Crippen MR) is 78.9 cm³/mol. The largest absolute Gasteiger partial charge is 0.313 e. The Morgan fingerprint density at radius 2 is 2.24 bits per heavy atom. The third kappa shape index (κ3) is 3.50. The summed E-state index contributed by atoms with van der Waals surface area (Å²) in [4.78, 5) is 0. The summed E-state index contributed by atoms with van der Waals surface area (Å²) in [5.74, 6) is -0.169. The van der Waals surface area contributed by atoms with Crippen molar-refractivity contribution in [2.45, 2.75) is 12.5 Å². The van der Waals surface area contributed by atoms with Gasteiger partial charge in [-0.25, -0.2) is 4.39 Å². The standard InChI is InChI=1S/C13H13FINS/c1-16-12(10-7-13(15)17-8-10)6-9-3-2-4-11(14)5-9/h2-5,7-8,12,16H,6H2,1H3. The summed E-state index contributed by atoms with van der Waals surface area (Å²) in [6.45, 7) is 0. The van der Waals surface area contributed by atoms with Gasteiger partial charge in [0.15, 0.2) is 0 Å². The third-order valence-corrected chi connectivity index (χ3v) is 4.47. The molecule has 4 heteroatoms. The van der Waals surface area contributed by atoms with E-state index in [0.29, 0.717) is 0 Å². The molecule has 0 amide bonds. The van der Waals surface area contributed by atoms with E-state index in [4.69, 9.17) is 0 Å². The number of halogens is 2. The molecule has 0 aliphatic heterocycles. The van der Waals surface area contributed by atoms with Crippen molar-refractivity contribution in [2.75, 3.05) is 7.05 Å². The first-order chi connectivity index (χ1) is 8.19. The molecule has 2 aromatic rings. The minimum Gasteiger partial charge on any atom is -0.313 e. The summed E-state index contributed by atoms with van der Waals surface area (Å²) >= 11 is 4.05. The Morgan fingerprint density at radius 1 is 1.41 bits per heavy atom. The number of rotatable bonds is 4. The maximum Gasteiger partial charge on any atom is 0.123 e. The van der Waals surface area contributed by atoms with Crippen LogP contribution in [0.25, 0.3) is 0 Å². The Hall–Kier alpha value is -0.460. The summed E-state index contributed by atoms with van der Waals surface area (Å²) < 4.78 is 14.4. The zero-order valence-electron chi connectivity index (χ0n) is 9.41. The lowest BCUT2D eigenvalue weighted by atomic mass is 10.0. The van der Waals surface area contributed by atoms with Crippen molar-refractivity contribution in [3.8, 4) is 0 Å². The topological polar surface area (TPSA) is 12.0 Å². The molecule has 1 N–H and O–H groups in total. The minimum absolute atomic E-state index is 0.169. The van der Waals surface area contributed by atoms with Crippen molar-refractivity contribution in [1.29, 1.82) is 0 Å².